The maximum atomic E-state index is 12.8. The quantitative estimate of drug-likeness (QED) is 0.671. The first-order valence-electron chi connectivity index (χ1n) is 8.56. The van der Waals surface area contributed by atoms with Gasteiger partial charge in [-0.3, -0.25) is 0 Å². The molecule has 2 N–H and O–H groups in total. The van der Waals surface area contributed by atoms with E-state index in [1.54, 1.807) is 24.3 Å². The lowest BCUT2D eigenvalue weighted by Crippen LogP contribution is -2.32. The molecular formula is C17H24N2O5S2. The van der Waals surface area contributed by atoms with Crippen molar-refractivity contribution >= 4 is 20.0 Å². The summed E-state index contributed by atoms with van der Waals surface area (Å²) in [5.74, 6) is -0.0668. The highest BCUT2D eigenvalue weighted by atomic mass is 32.2. The molecule has 1 saturated carbocycles. The Morgan fingerprint density at radius 3 is 2.42 bits per heavy atom. The van der Waals surface area contributed by atoms with Gasteiger partial charge < -0.3 is 5.11 Å². The summed E-state index contributed by atoms with van der Waals surface area (Å²) in [5, 5.41) is 10.3. The van der Waals surface area contributed by atoms with Crippen LogP contribution in [-0.4, -0.2) is 52.5 Å². The molecule has 144 valence electrons. The van der Waals surface area contributed by atoms with E-state index >= 15 is 0 Å². The molecular weight excluding hydrogens is 376 g/mol. The molecule has 2 fully saturated rings. The lowest BCUT2D eigenvalue weighted by Gasteiger charge is -2.18. The van der Waals surface area contributed by atoms with E-state index in [4.69, 9.17) is 0 Å². The van der Waals surface area contributed by atoms with Gasteiger partial charge in [0.15, 0.2) is 0 Å². The second kappa shape index (κ2) is 7.05. The summed E-state index contributed by atoms with van der Waals surface area (Å²) in [6, 6.07) is 6.74. The average Bonchev–Trinajstić information content (AvgIpc) is 3.29. The third-order valence-corrected chi connectivity index (χ3v) is 8.19. The maximum absolute atomic E-state index is 12.8. The molecule has 0 aromatic heterocycles. The number of hydrogen-bond acceptors (Lipinski definition) is 5. The van der Waals surface area contributed by atoms with E-state index in [2.05, 4.69) is 11.3 Å². The minimum absolute atomic E-state index is 0.0668. The summed E-state index contributed by atoms with van der Waals surface area (Å²) < 4.78 is 52.3. The normalized spacial score (nSPS) is 23.0. The molecule has 1 saturated heterocycles. The molecule has 0 bridgehead atoms. The van der Waals surface area contributed by atoms with Crippen molar-refractivity contribution in [3.8, 4) is 0 Å². The van der Waals surface area contributed by atoms with Crippen LogP contribution in [-0.2, 0) is 25.5 Å². The monoisotopic (exact) mass is 400 g/mol. The summed E-state index contributed by atoms with van der Waals surface area (Å²) in [5.41, 5.74) is 0.778. The van der Waals surface area contributed by atoms with Gasteiger partial charge in [0.05, 0.1) is 11.5 Å². The lowest BCUT2D eigenvalue weighted by atomic mass is 9.97. The van der Waals surface area contributed by atoms with Crippen molar-refractivity contribution in [3.05, 3.63) is 41.8 Å². The van der Waals surface area contributed by atoms with Gasteiger partial charge in [0.25, 0.3) is 0 Å². The molecule has 1 atom stereocenters. The molecule has 1 aliphatic heterocycles. The number of benzene rings is 1. The van der Waals surface area contributed by atoms with Gasteiger partial charge in [-0.05, 0) is 42.9 Å². The molecule has 0 radical (unpaired) electrons. The van der Waals surface area contributed by atoms with Gasteiger partial charge in [0.2, 0.25) is 20.0 Å². The molecule has 3 rings (SSSR count). The number of rotatable bonds is 8. The first kappa shape index (κ1) is 19.5. The van der Waals surface area contributed by atoms with Gasteiger partial charge in [0.1, 0.15) is 0 Å². The fourth-order valence-corrected chi connectivity index (χ4v) is 5.41. The zero-order valence-corrected chi connectivity index (χ0v) is 16.1. The second-order valence-corrected chi connectivity index (χ2v) is 10.7. The zero-order chi connectivity index (χ0) is 19.0. The number of nitrogens with one attached hydrogen (secondary N) is 1. The zero-order valence-electron chi connectivity index (χ0n) is 14.5. The number of nitrogens with zero attached hydrogens (tertiary/aromatic N) is 1. The van der Waals surface area contributed by atoms with E-state index in [1.807, 2.05) is 0 Å². The first-order chi connectivity index (χ1) is 12.2. The van der Waals surface area contributed by atoms with Crippen molar-refractivity contribution < 1.29 is 21.9 Å². The summed E-state index contributed by atoms with van der Waals surface area (Å²) in [4.78, 5) is 0.224. The van der Waals surface area contributed by atoms with Crippen LogP contribution in [0.2, 0.25) is 0 Å². The highest BCUT2D eigenvalue weighted by Gasteiger charge is 2.43. The Morgan fingerprint density at radius 2 is 1.88 bits per heavy atom. The summed E-state index contributed by atoms with van der Waals surface area (Å²) in [6.45, 7) is 4.15. The molecule has 1 heterocycles. The molecule has 1 aromatic carbocycles. The Hall–Kier alpha value is -1.26. The second-order valence-electron chi connectivity index (χ2n) is 7.04. The van der Waals surface area contributed by atoms with Gasteiger partial charge in [-0.25, -0.2) is 21.6 Å². The van der Waals surface area contributed by atoms with Gasteiger partial charge in [-0.2, -0.15) is 4.31 Å². The summed E-state index contributed by atoms with van der Waals surface area (Å²) in [6.07, 6.45) is 2.44. The van der Waals surface area contributed by atoms with E-state index in [0.717, 1.165) is 23.8 Å². The smallest absolute Gasteiger partial charge is 0.243 e. The standard InChI is InChI=1S/C17H24N2O5S2/c1-2-25(21,22)18-11-14-7-10-19(12-14)26(23,24)16-5-3-15(4-6-16)17(13-20)8-9-17/h2-6,14,18,20H,1,7-13H2. The first-order valence-corrected chi connectivity index (χ1v) is 11.5. The Bertz CT molecular complexity index is 874. The number of aliphatic hydroxyl groups is 1. The summed E-state index contributed by atoms with van der Waals surface area (Å²) in [7, 11) is -7.11. The largest absolute Gasteiger partial charge is 0.395 e. The van der Waals surface area contributed by atoms with E-state index in [1.165, 1.54) is 4.31 Å². The van der Waals surface area contributed by atoms with E-state index in [0.29, 0.717) is 13.0 Å². The van der Waals surface area contributed by atoms with Crippen molar-refractivity contribution in [1.29, 1.82) is 0 Å². The number of aliphatic hydroxyl groups excluding tert-OH is 1. The maximum Gasteiger partial charge on any atom is 0.243 e. The highest BCUT2D eigenvalue weighted by Crippen LogP contribution is 2.47. The van der Waals surface area contributed by atoms with Crippen LogP contribution in [0.25, 0.3) is 0 Å². The van der Waals surface area contributed by atoms with Crippen molar-refractivity contribution in [3.63, 3.8) is 0 Å². The third-order valence-electron chi connectivity index (χ3n) is 5.30. The minimum atomic E-state index is -3.61. The highest BCUT2D eigenvalue weighted by molar-refractivity contribution is 7.92. The Kier molecular flexibility index (Phi) is 5.28. The van der Waals surface area contributed by atoms with Crippen molar-refractivity contribution in [1.82, 2.24) is 9.03 Å². The van der Waals surface area contributed by atoms with E-state index in [-0.39, 0.29) is 35.9 Å². The molecule has 1 aliphatic carbocycles. The van der Waals surface area contributed by atoms with E-state index in [9.17, 15) is 21.9 Å². The van der Waals surface area contributed by atoms with Crippen LogP contribution in [0.3, 0.4) is 0 Å². The van der Waals surface area contributed by atoms with Crippen molar-refractivity contribution in [2.75, 3.05) is 26.2 Å². The van der Waals surface area contributed by atoms with Crippen LogP contribution in [0.15, 0.2) is 41.1 Å². The minimum Gasteiger partial charge on any atom is -0.395 e. The van der Waals surface area contributed by atoms with Crippen molar-refractivity contribution in [2.45, 2.75) is 29.6 Å². The molecule has 0 amide bonds. The molecule has 9 heteroatoms. The van der Waals surface area contributed by atoms with Crippen LogP contribution >= 0.6 is 0 Å². The predicted molar refractivity (Wildman–Crippen MR) is 98.4 cm³/mol. The van der Waals surface area contributed by atoms with Gasteiger partial charge >= 0.3 is 0 Å². The molecule has 1 unspecified atom stereocenters. The lowest BCUT2D eigenvalue weighted by molar-refractivity contribution is 0.255. The van der Waals surface area contributed by atoms with Gasteiger partial charge in [-0.15, -0.1) is 0 Å². The molecule has 1 aromatic rings. The number of hydrogen-bond donors (Lipinski definition) is 2. The predicted octanol–water partition coefficient (Wildman–Crippen LogP) is 0.784. The molecule has 26 heavy (non-hydrogen) atoms. The van der Waals surface area contributed by atoms with Crippen LogP contribution in [0.4, 0.5) is 0 Å². The van der Waals surface area contributed by atoms with E-state index < -0.39 is 20.0 Å². The van der Waals surface area contributed by atoms with Crippen LogP contribution in [0.5, 0.6) is 0 Å². The Morgan fingerprint density at radius 1 is 1.23 bits per heavy atom. The molecule has 2 aliphatic rings. The fourth-order valence-electron chi connectivity index (χ4n) is 3.29. The van der Waals surface area contributed by atoms with Crippen LogP contribution in [0, 0.1) is 5.92 Å². The SMILES string of the molecule is C=CS(=O)(=O)NCC1CCN(S(=O)(=O)c2ccc(C3(CO)CC3)cc2)C1. The topological polar surface area (TPSA) is 104 Å². The van der Waals surface area contributed by atoms with Crippen LogP contribution in [0.1, 0.15) is 24.8 Å². The Labute approximate surface area is 154 Å². The third kappa shape index (κ3) is 3.86. The molecule has 0 spiro atoms. The Balaban J connectivity index is 1.66. The van der Waals surface area contributed by atoms with Crippen LogP contribution < -0.4 is 4.72 Å². The van der Waals surface area contributed by atoms with Gasteiger partial charge in [-0.1, -0.05) is 18.7 Å². The average molecular weight is 401 g/mol. The molecule has 7 nitrogen and oxygen atoms in total. The summed E-state index contributed by atoms with van der Waals surface area (Å²) >= 11 is 0. The van der Waals surface area contributed by atoms with Gasteiger partial charge in [0, 0.05) is 30.5 Å². The fraction of sp³-hybridized carbons (Fsp3) is 0.529. The van der Waals surface area contributed by atoms with Crippen molar-refractivity contribution in [2.24, 2.45) is 5.92 Å². The number of sulfonamides is 2.